The van der Waals surface area contributed by atoms with Crippen LogP contribution in [0.4, 0.5) is 0 Å². The van der Waals surface area contributed by atoms with E-state index in [9.17, 15) is 0 Å². The summed E-state index contributed by atoms with van der Waals surface area (Å²) in [5.74, 6) is 0.746. The van der Waals surface area contributed by atoms with Gasteiger partial charge in [0.15, 0.2) is 12.0 Å². The van der Waals surface area contributed by atoms with Gasteiger partial charge in [-0.15, -0.1) is 0 Å². The van der Waals surface area contributed by atoms with Crippen molar-refractivity contribution in [1.82, 2.24) is 15.0 Å². The first-order valence-corrected chi connectivity index (χ1v) is 6.47. The Bertz CT molecular complexity index is 748. The van der Waals surface area contributed by atoms with E-state index in [0.29, 0.717) is 6.54 Å². The predicted octanol–water partition coefficient (Wildman–Crippen LogP) is 2.52. The van der Waals surface area contributed by atoms with Gasteiger partial charge in [-0.1, -0.05) is 19.9 Å². The molecule has 0 spiro atoms. The summed E-state index contributed by atoms with van der Waals surface area (Å²) in [7, 11) is 0. The number of rotatable bonds is 3. The number of oxazole rings is 1. The van der Waals surface area contributed by atoms with Crippen LogP contribution in [0.3, 0.4) is 0 Å². The van der Waals surface area contributed by atoms with Crippen LogP contribution in [0.1, 0.15) is 19.7 Å². The lowest BCUT2D eigenvalue weighted by molar-refractivity contribution is 0.503. The minimum absolute atomic E-state index is 0.244. The molecule has 0 amide bonds. The lowest BCUT2D eigenvalue weighted by Crippen LogP contribution is -2.30. The second-order valence-corrected chi connectivity index (χ2v) is 5.39. The molecule has 5 nitrogen and oxygen atoms in total. The molecule has 0 aliphatic carbocycles. The highest BCUT2D eigenvalue weighted by Gasteiger charge is 2.22. The molecule has 5 heteroatoms. The van der Waals surface area contributed by atoms with Crippen molar-refractivity contribution in [3.8, 4) is 11.3 Å². The van der Waals surface area contributed by atoms with Gasteiger partial charge in [0.25, 0.3) is 0 Å². The van der Waals surface area contributed by atoms with Crippen molar-refractivity contribution in [2.75, 3.05) is 6.54 Å². The molecule has 0 atom stereocenters. The van der Waals surface area contributed by atoms with Crippen LogP contribution < -0.4 is 5.73 Å². The van der Waals surface area contributed by atoms with Crippen LogP contribution >= 0.6 is 0 Å². The molecule has 2 aromatic heterocycles. The van der Waals surface area contributed by atoms with Gasteiger partial charge >= 0.3 is 0 Å². The Labute approximate surface area is 116 Å². The van der Waals surface area contributed by atoms with Crippen LogP contribution in [0.5, 0.6) is 0 Å². The molecule has 0 aliphatic rings. The molecule has 2 heterocycles. The molecule has 0 aliphatic heterocycles. The zero-order valence-corrected chi connectivity index (χ0v) is 11.5. The average molecular weight is 268 g/mol. The maximum Gasteiger partial charge on any atom is 0.181 e. The van der Waals surface area contributed by atoms with Crippen LogP contribution in [-0.2, 0) is 5.41 Å². The van der Waals surface area contributed by atoms with E-state index < -0.39 is 0 Å². The highest BCUT2D eigenvalue weighted by Crippen LogP contribution is 2.24. The fraction of sp³-hybridized carbons (Fsp3) is 0.267. The molecule has 1 aromatic carbocycles. The van der Waals surface area contributed by atoms with E-state index >= 15 is 0 Å². The van der Waals surface area contributed by atoms with Crippen molar-refractivity contribution in [2.24, 2.45) is 5.73 Å². The fourth-order valence-electron chi connectivity index (χ4n) is 1.95. The van der Waals surface area contributed by atoms with Crippen LogP contribution in [0.25, 0.3) is 22.4 Å². The third kappa shape index (κ3) is 2.16. The molecule has 102 valence electrons. The van der Waals surface area contributed by atoms with Crippen molar-refractivity contribution in [1.29, 1.82) is 0 Å². The summed E-state index contributed by atoms with van der Waals surface area (Å²) >= 11 is 0. The largest absolute Gasteiger partial charge is 0.443 e. The molecular weight excluding hydrogens is 252 g/mol. The summed E-state index contributed by atoms with van der Waals surface area (Å²) in [4.78, 5) is 13.1. The maximum absolute atomic E-state index is 5.78. The van der Waals surface area contributed by atoms with E-state index in [1.165, 1.54) is 6.39 Å². The summed E-state index contributed by atoms with van der Waals surface area (Å²) in [6, 6.07) is 7.72. The van der Waals surface area contributed by atoms with Gasteiger partial charge in [0, 0.05) is 23.7 Å². The number of nitrogens with zero attached hydrogens (tertiary/aromatic N) is 3. The third-order valence-corrected chi connectivity index (χ3v) is 3.40. The number of benzene rings is 1. The van der Waals surface area contributed by atoms with Crippen LogP contribution in [0.2, 0.25) is 0 Å². The molecule has 0 bridgehead atoms. The summed E-state index contributed by atoms with van der Waals surface area (Å²) < 4.78 is 5.32. The summed E-state index contributed by atoms with van der Waals surface area (Å²) in [5, 5.41) is 0. The second kappa shape index (κ2) is 4.68. The Morgan fingerprint density at radius 2 is 2.05 bits per heavy atom. The summed E-state index contributed by atoms with van der Waals surface area (Å²) in [6.07, 6.45) is 3.21. The van der Waals surface area contributed by atoms with Gasteiger partial charge in [-0.3, -0.25) is 0 Å². The third-order valence-electron chi connectivity index (χ3n) is 3.40. The Kier molecular flexibility index (Phi) is 2.99. The molecule has 2 N–H and O–H groups in total. The minimum atomic E-state index is -0.244. The molecule has 0 unspecified atom stereocenters. The number of nitrogens with two attached hydrogens (primary N) is 1. The van der Waals surface area contributed by atoms with Gasteiger partial charge < -0.3 is 10.2 Å². The summed E-state index contributed by atoms with van der Waals surface area (Å²) in [6.45, 7) is 4.56. The van der Waals surface area contributed by atoms with Crippen molar-refractivity contribution in [2.45, 2.75) is 19.3 Å². The first kappa shape index (κ1) is 12.7. The predicted molar refractivity (Wildman–Crippen MR) is 77.1 cm³/mol. The fourth-order valence-corrected chi connectivity index (χ4v) is 1.95. The molecule has 0 saturated carbocycles. The van der Waals surface area contributed by atoms with Crippen molar-refractivity contribution < 1.29 is 4.42 Å². The van der Waals surface area contributed by atoms with Crippen molar-refractivity contribution in [3.05, 3.63) is 42.7 Å². The van der Waals surface area contributed by atoms with E-state index in [1.54, 1.807) is 6.20 Å². The lowest BCUT2D eigenvalue weighted by atomic mass is 9.92. The van der Waals surface area contributed by atoms with Gasteiger partial charge in [-0.25, -0.2) is 15.0 Å². The Hall–Kier alpha value is -2.27. The molecule has 0 saturated heterocycles. The standard InChI is InChI=1S/C15H16N4O/c1-15(2,8-16)14-17-6-5-11(19-14)10-3-4-12-13(7-10)20-9-18-12/h3-7,9H,8,16H2,1-2H3. The van der Waals surface area contributed by atoms with Crippen LogP contribution in [-0.4, -0.2) is 21.5 Å². The van der Waals surface area contributed by atoms with Crippen LogP contribution in [0.15, 0.2) is 41.3 Å². The van der Waals surface area contributed by atoms with E-state index in [0.717, 1.165) is 28.2 Å². The molecule has 3 aromatic rings. The average Bonchev–Trinajstić information content (AvgIpc) is 2.94. The molecule has 20 heavy (non-hydrogen) atoms. The van der Waals surface area contributed by atoms with Gasteiger partial charge in [-0.2, -0.15) is 0 Å². The van der Waals surface area contributed by atoms with Crippen molar-refractivity contribution >= 4 is 11.1 Å². The SMILES string of the molecule is CC(C)(CN)c1nccc(-c2ccc3ncoc3c2)n1. The normalized spacial score (nSPS) is 11.9. The molecular formula is C15H16N4O. The number of aromatic nitrogens is 3. The second-order valence-electron chi connectivity index (χ2n) is 5.39. The van der Waals surface area contributed by atoms with Gasteiger partial charge in [-0.05, 0) is 18.2 Å². The molecule has 0 radical (unpaired) electrons. The zero-order valence-electron chi connectivity index (χ0n) is 11.5. The monoisotopic (exact) mass is 268 g/mol. The van der Waals surface area contributed by atoms with Gasteiger partial charge in [0.1, 0.15) is 11.3 Å². The van der Waals surface area contributed by atoms with E-state index in [-0.39, 0.29) is 5.41 Å². The number of hydrogen-bond donors (Lipinski definition) is 1. The van der Waals surface area contributed by atoms with E-state index in [4.69, 9.17) is 10.2 Å². The molecule has 3 rings (SSSR count). The number of fused-ring (bicyclic) bond motifs is 1. The highest BCUT2D eigenvalue weighted by molar-refractivity contribution is 5.78. The maximum atomic E-state index is 5.78. The smallest absolute Gasteiger partial charge is 0.181 e. The molecule has 0 fully saturated rings. The topological polar surface area (TPSA) is 77.8 Å². The first-order valence-electron chi connectivity index (χ1n) is 6.47. The van der Waals surface area contributed by atoms with Crippen molar-refractivity contribution in [3.63, 3.8) is 0 Å². The van der Waals surface area contributed by atoms with Crippen LogP contribution in [0, 0.1) is 0 Å². The number of hydrogen-bond acceptors (Lipinski definition) is 5. The Morgan fingerprint density at radius 1 is 1.20 bits per heavy atom. The highest BCUT2D eigenvalue weighted by atomic mass is 16.3. The Morgan fingerprint density at radius 3 is 2.85 bits per heavy atom. The minimum Gasteiger partial charge on any atom is -0.443 e. The van der Waals surface area contributed by atoms with E-state index in [1.807, 2.05) is 38.1 Å². The quantitative estimate of drug-likeness (QED) is 0.789. The first-order chi connectivity index (χ1) is 9.60. The Balaban J connectivity index is 2.07. The lowest BCUT2D eigenvalue weighted by Gasteiger charge is -2.20. The van der Waals surface area contributed by atoms with E-state index in [2.05, 4.69) is 15.0 Å². The van der Waals surface area contributed by atoms with Gasteiger partial charge in [0.05, 0.1) is 5.69 Å². The van der Waals surface area contributed by atoms with Gasteiger partial charge in [0.2, 0.25) is 0 Å². The summed E-state index contributed by atoms with van der Waals surface area (Å²) in [5.41, 5.74) is 8.96. The zero-order chi connectivity index (χ0) is 14.2.